The number of hydrogen-bond acceptors (Lipinski definition) is 7. The number of nitrogens with zero attached hydrogens (tertiary/aromatic N) is 3. The third kappa shape index (κ3) is 3.21. The van der Waals surface area contributed by atoms with E-state index in [-0.39, 0.29) is 5.97 Å². The molecule has 0 saturated carbocycles. The van der Waals surface area contributed by atoms with Gasteiger partial charge in [0, 0.05) is 6.20 Å². The van der Waals surface area contributed by atoms with Crippen LogP contribution in [-0.4, -0.2) is 27.5 Å². The molecule has 3 rings (SSSR count). The molecule has 0 amide bonds. The highest BCUT2D eigenvalue weighted by Crippen LogP contribution is 2.34. The van der Waals surface area contributed by atoms with E-state index >= 15 is 0 Å². The Morgan fingerprint density at radius 1 is 1.29 bits per heavy atom. The zero-order chi connectivity index (χ0) is 17.1. The minimum absolute atomic E-state index is 0.314. The fourth-order valence-corrected chi connectivity index (χ4v) is 3.56. The Morgan fingerprint density at radius 2 is 2.12 bits per heavy atom. The standard InChI is InChI=1S/C17H18N4O2S/c1-4-23-17(22)14-10(2)13-15(20-11(3)21-16(13)24-14)19-9-12-7-5-6-8-18-12/h5-8H,4,9H2,1-3H3,(H,19,20,21). The summed E-state index contributed by atoms with van der Waals surface area (Å²) in [5.41, 5.74) is 1.76. The molecular weight excluding hydrogens is 324 g/mol. The van der Waals surface area contributed by atoms with Gasteiger partial charge in [-0.2, -0.15) is 0 Å². The van der Waals surface area contributed by atoms with E-state index in [9.17, 15) is 4.79 Å². The van der Waals surface area contributed by atoms with Crippen LogP contribution < -0.4 is 5.32 Å². The van der Waals surface area contributed by atoms with Crippen LogP contribution in [0.5, 0.6) is 0 Å². The lowest BCUT2D eigenvalue weighted by Gasteiger charge is -2.08. The van der Waals surface area contributed by atoms with Crippen LogP contribution in [0.3, 0.4) is 0 Å². The van der Waals surface area contributed by atoms with Crippen LogP contribution in [0.4, 0.5) is 5.82 Å². The minimum Gasteiger partial charge on any atom is -0.462 e. The molecule has 1 N–H and O–H groups in total. The van der Waals surface area contributed by atoms with Gasteiger partial charge in [-0.25, -0.2) is 14.8 Å². The fourth-order valence-electron chi connectivity index (χ4n) is 2.44. The second-order valence-electron chi connectivity index (χ2n) is 5.25. The van der Waals surface area contributed by atoms with Crippen molar-refractivity contribution in [3.05, 3.63) is 46.4 Å². The second-order valence-corrected chi connectivity index (χ2v) is 6.25. The van der Waals surface area contributed by atoms with Crippen molar-refractivity contribution in [1.29, 1.82) is 0 Å². The first-order valence-electron chi connectivity index (χ1n) is 7.68. The van der Waals surface area contributed by atoms with E-state index in [0.29, 0.717) is 29.7 Å². The second kappa shape index (κ2) is 6.92. The molecule has 0 bridgehead atoms. The first-order valence-corrected chi connectivity index (χ1v) is 8.50. The maximum Gasteiger partial charge on any atom is 0.348 e. The van der Waals surface area contributed by atoms with E-state index in [1.165, 1.54) is 11.3 Å². The van der Waals surface area contributed by atoms with Crippen LogP contribution in [0.25, 0.3) is 10.2 Å². The summed E-state index contributed by atoms with van der Waals surface area (Å²) in [6.07, 6.45) is 1.76. The lowest BCUT2D eigenvalue weighted by molar-refractivity contribution is 0.0531. The average Bonchev–Trinajstić information content (AvgIpc) is 2.90. The third-order valence-corrected chi connectivity index (χ3v) is 4.69. The van der Waals surface area contributed by atoms with Crippen molar-refractivity contribution in [3.63, 3.8) is 0 Å². The smallest absolute Gasteiger partial charge is 0.348 e. The van der Waals surface area contributed by atoms with Crippen LogP contribution in [0.1, 0.15) is 33.7 Å². The summed E-state index contributed by atoms with van der Waals surface area (Å²) in [5, 5.41) is 4.18. The van der Waals surface area contributed by atoms with Crippen molar-refractivity contribution in [2.75, 3.05) is 11.9 Å². The predicted octanol–water partition coefficient (Wildman–Crippen LogP) is 3.49. The molecule has 0 saturated heterocycles. The van der Waals surface area contributed by atoms with Gasteiger partial charge in [-0.15, -0.1) is 11.3 Å². The number of aryl methyl sites for hydroxylation is 2. The van der Waals surface area contributed by atoms with E-state index in [4.69, 9.17) is 4.74 Å². The first-order chi connectivity index (χ1) is 11.6. The number of nitrogens with one attached hydrogen (secondary N) is 1. The molecule has 3 heterocycles. The molecule has 24 heavy (non-hydrogen) atoms. The number of fused-ring (bicyclic) bond motifs is 1. The normalized spacial score (nSPS) is 10.8. The molecule has 0 aliphatic rings. The van der Waals surface area contributed by atoms with Crippen molar-refractivity contribution in [2.45, 2.75) is 27.3 Å². The molecule has 0 radical (unpaired) electrons. The van der Waals surface area contributed by atoms with Crippen LogP contribution in [0.15, 0.2) is 24.4 Å². The van der Waals surface area contributed by atoms with Crippen molar-refractivity contribution in [1.82, 2.24) is 15.0 Å². The topological polar surface area (TPSA) is 77.0 Å². The summed E-state index contributed by atoms with van der Waals surface area (Å²) in [7, 11) is 0. The van der Waals surface area contributed by atoms with Crippen LogP contribution in [-0.2, 0) is 11.3 Å². The summed E-state index contributed by atoms with van der Waals surface area (Å²) in [6.45, 7) is 6.43. The molecule has 124 valence electrons. The van der Waals surface area contributed by atoms with Gasteiger partial charge >= 0.3 is 5.97 Å². The Bertz CT molecular complexity index is 877. The molecule has 7 heteroatoms. The van der Waals surface area contributed by atoms with Gasteiger partial charge in [0.1, 0.15) is 21.3 Å². The lowest BCUT2D eigenvalue weighted by atomic mass is 10.2. The molecule has 6 nitrogen and oxygen atoms in total. The van der Waals surface area contributed by atoms with Crippen molar-refractivity contribution >= 4 is 33.3 Å². The number of anilines is 1. The Balaban J connectivity index is 1.99. The number of aromatic nitrogens is 3. The number of pyridine rings is 1. The quantitative estimate of drug-likeness (QED) is 0.715. The van der Waals surface area contributed by atoms with E-state index < -0.39 is 0 Å². The molecule has 0 aliphatic carbocycles. The van der Waals surface area contributed by atoms with Crippen molar-refractivity contribution < 1.29 is 9.53 Å². The van der Waals surface area contributed by atoms with Gasteiger partial charge in [0.15, 0.2) is 0 Å². The number of esters is 1. The van der Waals surface area contributed by atoms with Gasteiger partial charge in [-0.1, -0.05) is 6.07 Å². The first kappa shape index (κ1) is 16.3. The highest BCUT2D eigenvalue weighted by molar-refractivity contribution is 7.20. The number of hydrogen-bond donors (Lipinski definition) is 1. The molecule has 0 aliphatic heterocycles. The summed E-state index contributed by atoms with van der Waals surface area (Å²) >= 11 is 1.34. The van der Waals surface area contributed by atoms with Gasteiger partial charge in [0.25, 0.3) is 0 Å². The van der Waals surface area contributed by atoms with Gasteiger partial charge in [-0.05, 0) is 38.5 Å². The molecule has 3 aromatic heterocycles. The summed E-state index contributed by atoms with van der Waals surface area (Å²) in [5.74, 6) is 1.06. The zero-order valence-electron chi connectivity index (χ0n) is 13.8. The number of carbonyl (C=O) groups excluding carboxylic acids is 1. The van der Waals surface area contributed by atoms with E-state index in [2.05, 4.69) is 20.3 Å². The molecule has 3 aromatic rings. The predicted molar refractivity (Wildman–Crippen MR) is 94.4 cm³/mol. The molecule has 0 spiro atoms. The maximum atomic E-state index is 12.1. The lowest BCUT2D eigenvalue weighted by Crippen LogP contribution is -2.06. The van der Waals surface area contributed by atoms with E-state index in [0.717, 1.165) is 21.5 Å². The van der Waals surface area contributed by atoms with E-state index in [1.54, 1.807) is 13.1 Å². The highest BCUT2D eigenvalue weighted by Gasteiger charge is 2.20. The van der Waals surface area contributed by atoms with Crippen LogP contribution >= 0.6 is 11.3 Å². The summed E-state index contributed by atoms with van der Waals surface area (Å²) < 4.78 is 5.13. The molecule has 0 unspecified atom stereocenters. The summed E-state index contributed by atoms with van der Waals surface area (Å²) in [6, 6.07) is 5.77. The third-order valence-electron chi connectivity index (χ3n) is 3.53. The Kier molecular flexibility index (Phi) is 4.71. The molecular formula is C17H18N4O2S. The molecule has 0 atom stereocenters. The Labute approximate surface area is 143 Å². The van der Waals surface area contributed by atoms with Crippen molar-refractivity contribution in [2.24, 2.45) is 0 Å². The Morgan fingerprint density at radius 3 is 2.83 bits per heavy atom. The monoisotopic (exact) mass is 342 g/mol. The Hall–Kier alpha value is -2.54. The van der Waals surface area contributed by atoms with Gasteiger partial charge in [-0.3, -0.25) is 4.98 Å². The SMILES string of the molecule is CCOC(=O)c1sc2nc(C)nc(NCc3ccccn3)c2c1C. The minimum atomic E-state index is -0.314. The number of rotatable bonds is 5. The zero-order valence-corrected chi connectivity index (χ0v) is 14.6. The van der Waals surface area contributed by atoms with Gasteiger partial charge in [0.05, 0.1) is 24.2 Å². The largest absolute Gasteiger partial charge is 0.462 e. The molecule has 0 aromatic carbocycles. The maximum absolute atomic E-state index is 12.1. The number of carbonyl (C=O) groups is 1. The fraction of sp³-hybridized carbons (Fsp3) is 0.294. The number of ether oxygens (including phenoxy) is 1. The van der Waals surface area contributed by atoms with Gasteiger partial charge in [0.2, 0.25) is 0 Å². The average molecular weight is 342 g/mol. The van der Waals surface area contributed by atoms with Crippen LogP contribution in [0.2, 0.25) is 0 Å². The van der Waals surface area contributed by atoms with E-state index in [1.807, 2.05) is 32.0 Å². The molecule has 0 fully saturated rings. The van der Waals surface area contributed by atoms with Gasteiger partial charge < -0.3 is 10.1 Å². The summed E-state index contributed by atoms with van der Waals surface area (Å²) in [4.78, 5) is 26.7. The van der Waals surface area contributed by atoms with Crippen molar-refractivity contribution in [3.8, 4) is 0 Å². The number of thiophene rings is 1. The highest BCUT2D eigenvalue weighted by atomic mass is 32.1. The van der Waals surface area contributed by atoms with Crippen LogP contribution in [0, 0.1) is 13.8 Å².